The van der Waals surface area contributed by atoms with Crippen molar-refractivity contribution < 1.29 is 0 Å². The van der Waals surface area contributed by atoms with Crippen LogP contribution in [0, 0.1) is 0 Å². The molecule has 0 atom stereocenters. The molecule has 0 saturated carbocycles. The normalized spacial score (nSPS) is 17.6. The fourth-order valence-corrected chi connectivity index (χ4v) is 6.16. The van der Waals surface area contributed by atoms with E-state index in [0.717, 1.165) is 6.42 Å². The van der Waals surface area contributed by atoms with Gasteiger partial charge in [-0.25, -0.2) is 0 Å². The monoisotopic (exact) mass is 326 g/mol. The highest BCUT2D eigenvalue weighted by Crippen LogP contribution is 2.53. The Morgan fingerprint density at radius 1 is 0.864 bits per heavy atom. The average molecular weight is 327 g/mol. The molecule has 3 rings (SSSR count). The van der Waals surface area contributed by atoms with Gasteiger partial charge in [-0.3, -0.25) is 0 Å². The van der Waals surface area contributed by atoms with Gasteiger partial charge in [-0.15, -0.1) is 23.5 Å². The molecule has 1 aliphatic rings. The molecule has 2 heteroatoms. The number of hydrogen-bond acceptors (Lipinski definition) is 2. The van der Waals surface area contributed by atoms with Gasteiger partial charge in [0.1, 0.15) is 0 Å². The minimum absolute atomic E-state index is 0.251. The highest BCUT2D eigenvalue weighted by Gasteiger charge is 2.34. The summed E-state index contributed by atoms with van der Waals surface area (Å²) in [6.45, 7) is 0. The fraction of sp³-hybridized carbons (Fsp3) is 0.300. The Labute approximate surface area is 142 Å². The van der Waals surface area contributed by atoms with E-state index in [1.165, 1.54) is 35.5 Å². The van der Waals surface area contributed by atoms with E-state index >= 15 is 0 Å². The number of allylic oxidation sites excluding steroid dienone is 1. The summed E-state index contributed by atoms with van der Waals surface area (Å²) in [5, 5.41) is 0. The van der Waals surface area contributed by atoms with Crippen LogP contribution in [0.3, 0.4) is 0 Å². The lowest BCUT2D eigenvalue weighted by Crippen LogP contribution is -2.22. The minimum atomic E-state index is 0.251. The largest absolute Gasteiger partial charge is 0.139 e. The Hall–Kier alpha value is -1.12. The first-order chi connectivity index (χ1) is 10.9. The molecule has 0 amide bonds. The summed E-state index contributed by atoms with van der Waals surface area (Å²) in [4.78, 5) is 0. The second-order valence-corrected chi connectivity index (χ2v) is 8.57. The number of benzene rings is 2. The lowest BCUT2D eigenvalue weighted by molar-refractivity contribution is 0.763. The van der Waals surface area contributed by atoms with Crippen LogP contribution in [-0.4, -0.2) is 11.5 Å². The molecule has 0 aliphatic carbocycles. The summed E-state index contributed by atoms with van der Waals surface area (Å²) in [5.74, 6) is 2.56. The third-order valence-electron chi connectivity index (χ3n) is 3.92. The summed E-state index contributed by atoms with van der Waals surface area (Å²) in [6, 6.07) is 21.6. The second-order valence-electron chi connectivity index (χ2n) is 5.52. The molecule has 1 aliphatic heterocycles. The van der Waals surface area contributed by atoms with Crippen LogP contribution >= 0.6 is 23.5 Å². The molecule has 0 N–H and O–H groups in total. The van der Waals surface area contributed by atoms with Gasteiger partial charge >= 0.3 is 0 Å². The van der Waals surface area contributed by atoms with E-state index in [4.69, 9.17) is 0 Å². The topological polar surface area (TPSA) is 0 Å². The zero-order valence-electron chi connectivity index (χ0n) is 12.8. The van der Waals surface area contributed by atoms with Crippen LogP contribution in [0.4, 0.5) is 0 Å². The maximum absolute atomic E-state index is 2.33. The summed E-state index contributed by atoms with van der Waals surface area (Å²) in [5.41, 5.74) is 2.78. The molecule has 2 aromatic carbocycles. The van der Waals surface area contributed by atoms with Crippen molar-refractivity contribution in [3.8, 4) is 0 Å². The molecule has 0 bridgehead atoms. The molecule has 22 heavy (non-hydrogen) atoms. The average Bonchev–Trinajstić information content (AvgIpc) is 2.61. The Morgan fingerprint density at radius 2 is 1.50 bits per heavy atom. The summed E-state index contributed by atoms with van der Waals surface area (Å²) >= 11 is 4.28. The lowest BCUT2D eigenvalue weighted by atomic mass is 10.1. The minimum Gasteiger partial charge on any atom is -0.139 e. The molecule has 0 nitrogen and oxygen atoms in total. The SMILES string of the molecule is C(=C/c1ccccc1)/CCC1(c2ccccc2)SCCCS1. The molecule has 1 heterocycles. The van der Waals surface area contributed by atoms with E-state index in [0.29, 0.717) is 0 Å². The van der Waals surface area contributed by atoms with Crippen LogP contribution < -0.4 is 0 Å². The van der Waals surface area contributed by atoms with E-state index in [1.54, 1.807) is 0 Å². The molecule has 1 saturated heterocycles. The van der Waals surface area contributed by atoms with Gasteiger partial charge in [0.15, 0.2) is 0 Å². The zero-order valence-corrected chi connectivity index (χ0v) is 14.4. The van der Waals surface area contributed by atoms with Crippen molar-refractivity contribution in [2.45, 2.75) is 23.3 Å². The van der Waals surface area contributed by atoms with Crippen LogP contribution in [0.2, 0.25) is 0 Å². The predicted molar refractivity (Wildman–Crippen MR) is 102 cm³/mol. The van der Waals surface area contributed by atoms with Crippen LogP contribution in [-0.2, 0) is 4.08 Å². The van der Waals surface area contributed by atoms with Crippen LogP contribution in [0.25, 0.3) is 6.08 Å². The first-order valence-electron chi connectivity index (χ1n) is 7.94. The summed E-state index contributed by atoms with van der Waals surface area (Å²) in [7, 11) is 0. The third-order valence-corrected chi connectivity index (χ3v) is 7.43. The first-order valence-corrected chi connectivity index (χ1v) is 9.91. The maximum atomic E-state index is 2.33. The number of hydrogen-bond donors (Lipinski definition) is 0. The van der Waals surface area contributed by atoms with Gasteiger partial charge in [-0.1, -0.05) is 72.8 Å². The van der Waals surface area contributed by atoms with Crippen molar-refractivity contribution in [3.05, 3.63) is 77.9 Å². The molecule has 0 aromatic heterocycles. The molecule has 0 unspecified atom stereocenters. The van der Waals surface area contributed by atoms with Crippen LogP contribution in [0.5, 0.6) is 0 Å². The van der Waals surface area contributed by atoms with E-state index in [-0.39, 0.29) is 4.08 Å². The number of rotatable bonds is 5. The van der Waals surface area contributed by atoms with Crippen molar-refractivity contribution in [1.29, 1.82) is 0 Å². The quantitative estimate of drug-likeness (QED) is 0.641. The highest BCUT2D eigenvalue weighted by molar-refractivity contribution is 8.18. The Morgan fingerprint density at radius 3 is 2.18 bits per heavy atom. The Bertz CT molecular complexity index is 584. The van der Waals surface area contributed by atoms with Crippen molar-refractivity contribution in [2.75, 3.05) is 11.5 Å². The highest BCUT2D eigenvalue weighted by atomic mass is 32.2. The lowest BCUT2D eigenvalue weighted by Gasteiger charge is -2.36. The molecule has 0 radical (unpaired) electrons. The van der Waals surface area contributed by atoms with Gasteiger partial charge < -0.3 is 0 Å². The van der Waals surface area contributed by atoms with E-state index in [1.807, 2.05) is 0 Å². The van der Waals surface area contributed by atoms with Crippen LogP contribution in [0.15, 0.2) is 66.7 Å². The summed E-state index contributed by atoms with van der Waals surface area (Å²) in [6.07, 6.45) is 8.25. The van der Waals surface area contributed by atoms with Gasteiger partial charge in [-0.05, 0) is 41.9 Å². The second kappa shape index (κ2) is 7.94. The molecular weight excluding hydrogens is 304 g/mol. The Kier molecular flexibility index (Phi) is 5.69. The molecule has 2 aromatic rings. The van der Waals surface area contributed by atoms with Gasteiger partial charge in [0.2, 0.25) is 0 Å². The van der Waals surface area contributed by atoms with Gasteiger partial charge in [-0.2, -0.15) is 0 Å². The van der Waals surface area contributed by atoms with Crippen molar-refractivity contribution in [3.63, 3.8) is 0 Å². The number of thioether (sulfide) groups is 2. The van der Waals surface area contributed by atoms with Crippen molar-refractivity contribution in [2.24, 2.45) is 0 Å². The predicted octanol–water partition coefficient (Wildman–Crippen LogP) is 6.20. The molecule has 1 fully saturated rings. The van der Waals surface area contributed by atoms with Crippen molar-refractivity contribution in [1.82, 2.24) is 0 Å². The van der Waals surface area contributed by atoms with Gasteiger partial charge in [0.25, 0.3) is 0 Å². The smallest absolute Gasteiger partial charge is 0.0863 e. The molecule has 114 valence electrons. The van der Waals surface area contributed by atoms with Gasteiger partial charge in [0, 0.05) is 0 Å². The van der Waals surface area contributed by atoms with Gasteiger partial charge in [0.05, 0.1) is 4.08 Å². The first kappa shape index (κ1) is 15.8. The summed E-state index contributed by atoms with van der Waals surface area (Å²) < 4.78 is 0.251. The zero-order chi connectivity index (χ0) is 15.1. The van der Waals surface area contributed by atoms with Crippen molar-refractivity contribution >= 4 is 29.6 Å². The Balaban J connectivity index is 1.67. The van der Waals surface area contributed by atoms with Crippen LogP contribution in [0.1, 0.15) is 30.4 Å². The molecule has 0 spiro atoms. The van der Waals surface area contributed by atoms with E-state index < -0.39 is 0 Å². The van der Waals surface area contributed by atoms with E-state index in [9.17, 15) is 0 Å². The molecular formula is C20H22S2. The maximum Gasteiger partial charge on any atom is 0.0863 e. The fourth-order valence-electron chi connectivity index (χ4n) is 2.78. The standard InChI is InChI=1S/C20H22S2/c1-3-10-18(11-4-1)12-7-8-15-20(21-16-9-17-22-20)19-13-5-2-6-14-19/h1-7,10-14H,8-9,15-17H2/b12-7-. The van der Waals surface area contributed by atoms with E-state index in [2.05, 4.69) is 96.3 Å². The third kappa shape index (κ3) is 3.99.